The number of carboxylic acids is 1. The van der Waals surface area contributed by atoms with Crippen molar-refractivity contribution in [2.75, 3.05) is 0 Å². The molecule has 3 aliphatic carbocycles. The predicted octanol–water partition coefficient (Wildman–Crippen LogP) is 6.29. The number of benzene rings is 2. The second kappa shape index (κ2) is 7.24. The summed E-state index contributed by atoms with van der Waals surface area (Å²) in [6.07, 6.45) is 7.91. The summed E-state index contributed by atoms with van der Waals surface area (Å²) in [7, 11) is 0. The molecule has 3 heteroatoms. The Labute approximate surface area is 167 Å². The minimum atomic E-state index is -0.953. The van der Waals surface area contributed by atoms with Crippen LogP contribution in [0.5, 0.6) is 0 Å². The molecule has 5 rings (SSSR count). The van der Waals surface area contributed by atoms with Crippen molar-refractivity contribution in [2.45, 2.75) is 64.2 Å². The van der Waals surface area contributed by atoms with Gasteiger partial charge in [0, 0.05) is 5.92 Å². The molecule has 0 heterocycles. The molecule has 3 fully saturated rings. The van der Waals surface area contributed by atoms with Gasteiger partial charge in [-0.05, 0) is 53.9 Å². The maximum atomic E-state index is 12.6. The van der Waals surface area contributed by atoms with Gasteiger partial charge in [-0.15, -0.1) is 0 Å². The fourth-order valence-electron chi connectivity index (χ4n) is 6.17. The molecule has 3 saturated carbocycles. The van der Waals surface area contributed by atoms with Crippen molar-refractivity contribution in [1.82, 2.24) is 0 Å². The van der Waals surface area contributed by atoms with Gasteiger partial charge in [0.1, 0.15) is 0 Å². The van der Waals surface area contributed by atoms with Crippen LogP contribution in [0.2, 0.25) is 0 Å². The highest BCUT2D eigenvalue weighted by molar-refractivity contribution is 5.88. The monoisotopic (exact) mass is 375 g/mol. The molecule has 146 valence electrons. The van der Waals surface area contributed by atoms with Crippen molar-refractivity contribution in [3.8, 4) is 6.07 Å². The highest BCUT2D eigenvalue weighted by Gasteiger charge is 2.63. The average molecular weight is 376 g/mol. The van der Waals surface area contributed by atoms with Gasteiger partial charge in [-0.25, -0.2) is 0 Å². The molecule has 4 unspecified atom stereocenters. The third-order valence-corrected chi connectivity index (χ3v) is 7.65. The second-order valence-corrected chi connectivity index (χ2v) is 9.01. The molecule has 2 aromatic rings. The fourth-order valence-corrected chi connectivity index (χ4v) is 6.17. The summed E-state index contributed by atoms with van der Waals surface area (Å²) in [5.74, 6) is -1.28. The van der Waals surface area contributed by atoms with E-state index < -0.39 is 17.3 Å². The van der Waals surface area contributed by atoms with E-state index in [2.05, 4.69) is 37.3 Å². The first kappa shape index (κ1) is 19.0. The van der Waals surface area contributed by atoms with Crippen LogP contribution in [-0.2, 0) is 4.79 Å². The molecule has 28 heavy (non-hydrogen) atoms. The van der Waals surface area contributed by atoms with Gasteiger partial charge in [0.25, 0.3) is 0 Å². The van der Waals surface area contributed by atoms with Crippen molar-refractivity contribution in [3.05, 3.63) is 48.0 Å². The zero-order valence-electron chi connectivity index (χ0n) is 16.7. The van der Waals surface area contributed by atoms with Gasteiger partial charge in [-0.3, -0.25) is 4.79 Å². The number of nitriles is 1. The largest absolute Gasteiger partial charge is 0.481 e. The Morgan fingerprint density at radius 2 is 1.93 bits per heavy atom. The molecule has 1 N–H and O–H groups in total. The molecule has 0 radical (unpaired) electrons. The third kappa shape index (κ3) is 2.82. The van der Waals surface area contributed by atoms with Gasteiger partial charge < -0.3 is 5.11 Å². The zero-order valence-corrected chi connectivity index (χ0v) is 16.7. The average Bonchev–Trinajstić information content (AvgIpc) is 2.73. The van der Waals surface area contributed by atoms with Gasteiger partial charge in [-0.1, -0.05) is 68.7 Å². The molecular weight excluding hydrogens is 346 g/mol. The first-order valence-electron chi connectivity index (χ1n) is 10.7. The third-order valence-electron chi connectivity index (χ3n) is 7.65. The number of aliphatic carboxylic acids is 1. The summed E-state index contributed by atoms with van der Waals surface area (Å²) in [5.41, 5.74) is 0.291. The molecule has 0 amide bonds. The number of hydrogen-bond donors (Lipinski definition) is 1. The lowest BCUT2D eigenvalue weighted by Crippen LogP contribution is -2.56. The lowest BCUT2D eigenvalue weighted by Gasteiger charge is -2.58. The Bertz CT molecular complexity index is 924. The van der Waals surface area contributed by atoms with Crippen molar-refractivity contribution in [1.29, 1.82) is 5.26 Å². The fraction of sp³-hybridized carbons (Fsp3) is 0.520. The quantitative estimate of drug-likeness (QED) is 0.604. The number of fused-ring (bicyclic) bond motifs is 4. The number of carbonyl (C=O) groups is 1. The standard InChI is InChI=1S/C25H29NO2/c1-2-3-6-12-24-13-14-25(23(27)28,19(15-24)17-26)22(16-24)21-11-7-9-18-8-4-5-10-20(18)21/h4-5,7-11,19,22H,2-3,6,12-16H2,1H3,(H,27,28). The van der Waals surface area contributed by atoms with Gasteiger partial charge in [0.2, 0.25) is 0 Å². The highest BCUT2D eigenvalue weighted by Crippen LogP contribution is 2.67. The summed E-state index contributed by atoms with van der Waals surface area (Å²) in [6, 6.07) is 16.9. The van der Waals surface area contributed by atoms with Crippen molar-refractivity contribution < 1.29 is 9.90 Å². The number of unbranched alkanes of at least 4 members (excludes halogenated alkanes) is 2. The van der Waals surface area contributed by atoms with Gasteiger partial charge in [0.05, 0.1) is 17.4 Å². The molecule has 0 spiro atoms. The van der Waals surface area contributed by atoms with Crippen molar-refractivity contribution in [3.63, 3.8) is 0 Å². The SMILES string of the molecule is CCCCCC12CCC(C(=O)O)(C(C#N)C1)C(c1cccc3ccccc13)C2. The predicted molar refractivity (Wildman–Crippen MR) is 111 cm³/mol. The van der Waals surface area contributed by atoms with E-state index in [1.54, 1.807) is 0 Å². The van der Waals surface area contributed by atoms with Crippen LogP contribution in [0.25, 0.3) is 10.8 Å². The molecule has 3 aliphatic rings. The van der Waals surface area contributed by atoms with Crippen LogP contribution in [0.4, 0.5) is 0 Å². The van der Waals surface area contributed by atoms with Crippen LogP contribution in [-0.4, -0.2) is 11.1 Å². The number of nitrogens with zero attached hydrogens (tertiary/aromatic N) is 1. The van der Waals surface area contributed by atoms with E-state index in [0.717, 1.165) is 42.0 Å². The summed E-state index contributed by atoms with van der Waals surface area (Å²) in [5, 5.41) is 22.6. The highest BCUT2D eigenvalue weighted by atomic mass is 16.4. The molecule has 2 bridgehead atoms. The Hall–Kier alpha value is -2.34. The van der Waals surface area contributed by atoms with E-state index in [4.69, 9.17) is 0 Å². The van der Waals surface area contributed by atoms with Gasteiger partial charge in [-0.2, -0.15) is 5.26 Å². The Morgan fingerprint density at radius 1 is 1.14 bits per heavy atom. The number of carboxylic acid groups (broad SMARTS) is 1. The van der Waals surface area contributed by atoms with E-state index in [-0.39, 0.29) is 11.3 Å². The van der Waals surface area contributed by atoms with Crippen LogP contribution in [0, 0.1) is 28.1 Å². The topological polar surface area (TPSA) is 61.1 Å². The van der Waals surface area contributed by atoms with E-state index in [0.29, 0.717) is 6.42 Å². The lowest BCUT2D eigenvalue weighted by atomic mass is 9.43. The minimum absolute atomic E-state index is 0.0927. The van der Waals surface area contributed by atoms with Crippen LogP contribution in [0.1, 0.15) is 69.8 Å². The molecule has 0 aromatic heterocycles. The first-order valence-corrected chi connectivity index (χ1v) is 10.7. The van der Waals surface area contributed by atoms with Crippen LogP contribution in [0.15, 0.2) is 42.5 Å². The van der Waals surface area contributed by atoms with E-state index >= 15 is 0 Å². The normalized spacial score (nSPS) is 31.6. The molecule has 0 aliphatic heterocycles. The van der Waals surface area contributed by atoms with E-state index in [9.17, 15) is 15.2 Å². The molecule has 3 nitrogen and oxygen atoms in total. The lowest BCUT2D eigenvalue weighted by molar-refractivity contribution is -0.168. The molecular formula is C25H29NO2. The van der Waals surface area contributed by atoms with E-state index in [1.807, 2.05) is 18.2 Å². The van der Waals surface area contributed by atoms with Crippen LogP contribution < -0.4 is 0 Å². The summed E-state index contributed by atoms with van der Waals surface area (Å²) >= 11 is 0. The Kier molecular flexibility index (Phi) is 4.91. The summed E-state index contributed by atoms with van der Waals surface area (Å²) in [6.45, 7) is 2.21. The van der Waals surface area contributed by atoms with E-state index in [1.165, 1.54) is 19.3 Å². The number of hydrogen-bond acceptors (Lipinski definition) is 2. The molecule has 0 saturated heterocycles. The van der Waals surface area contributed by atoms with Gasteiger partial charge in [0.15, 0.2) is 0 Å². The smallest absolute Gasteiger partial charge is 0.311 e. The van der Waals surface area contributed by atoms with Crippen LogP contribution >= 0.6 is 0 Å². The summed E-state index contributed by atoms with van der Waals surface area (Å²) < 4.78 is 0. The first-order chi connectivity index (χ1) is 13.6. The summed E-state index contributed by atoms with van der Waals surface area (Å²) in [4.78, 5) is 12.6. The van der Waals surface area contributed by atoms with Crippen molar-refractivity contribution in [2.24, 2.45) is 16.7 Å². The Balaban J connectivity index is 1.83. The zero-order chi connectivity index (χ0) is 19.8. The number of rotatable bonds is 6. The minimum Gasteiger partial charge on any atom is -0.481 e. The Morgan fingerprint density at radius 3 is 2.68 bits per heavy atom. The van der Waals surface area contributed by atoms with Gasteiger partial charge >= 0.3 is 5.97 Å². The molecule has 4 atom stereocenters. The second-order valence-electron chi connectivity index (χ2n) is 9.01. The maximum absolute atomic E-state index is 12.6. The van der Waals surface area contributed by atoms with Crippen molar-refractivity contribution >= 4 is 16.7 Å². The molecule has 2 aromatic carbocycles. The maximum Gasteiger partial charge on any atom is 0.311 e. The van der Waals surface area contributed by atoms with Crippen LogP contribution in [0.3, 0.4) is 0 Å².